The molecule has 2 aromatic rings. The second-order valence-electron chi connectivity index (χ2n) is 4.85. The fourth-order valence-corrected chi connectivity index (χ4v) is 2.38. The van der Waals surface area contributed by atoms with Gasteiger partial charge < -0.3 is 15.7 Å². The summed E-state index contributed by atoms with van der Waals surface area (Å²) in [6, 6.07) is 10.4. The van der Waals surface area contributed by atoms with Crippen LogP contribution in [0, 0.1) is 6.92 Å². The van der Waals surface area contributed by atoms with Gasteiger partial charge in [-0.05, 0) is 48.9 Å². The Hall–Kier alpha value is -2.46. The zero-order valence-corrected chi connectivity index (χ0v) is 12.0. The molecule has 0 fully saturated rings. The SMILES string of the molecule is Cc1cc(NC=C2C(=O)Nc3ccc(Cl)cc32)ccc1O. The summed E-state index contributed by atoms with van der Waals surface area (Å²) in [5.41, 5.74) is 3.60. The molecule has 0 saturated heterocycles. The number of anilines is 2. The lowest BCUT2D eigenvalue weighted by Crippen LogP contribution is -2.05. The highest BCUT2D eigenvalue weighted by Gasteiger charge is 2.24. The predicted octanol–water partition coefficient (Wildman–Crippen LogP) is 3.76. The molecule has 0 aliphatic carbocycles. The summed E-state index contributed by atoms with van der Waals surface area (Å²) >= 11 is 5.98. The maximum Gasteiger partial charge on any atom is 0.257 e. The first-order valence-electron chi connectivity index (χ1n) is 6.42. The number of carbonyl (C=O) groups is 1. The molecule has 0 spiro atoms. The normalized spacial score (nSPS) is 15.0. The van der Waals surface area contributed by atoms with Crippen molar-refractivity contribution < 1.29 is 9.90 Å². The molecule has 0 aromatic heterocycles. The van der Waals surface area contributed by atoms with Gasteiger partial charge in [0.25, 0.3) is 5.91 Å². The largest absolute Gasteiger partial charge is 0.508 e. The van der Waals surface area contributed by atoms with Gasteiger partial charge in [-0.25, -0.2) is 0 Å². The Morgan fingerprint density at radius 3 is 2.81 bits per heavy atom. The monoisotopic (exact) mass is 300 g/mol. The number of phenolic OH excluding ortho intramolecular Hbond substituents is 1. The molecular weight excluding hydrogens is 288 g/mol. The van der Waals surface area contributed by atoms with Crippen molar-refractivity contribution in [2.45, 2.75) is 6.92 Å². The maximum absolute atomic E-state index is 12.0. The van der Waals surface area contributed by atoms with Gasteiger partial charge >= 0.3 is 0 Å². The van der Waals surface area contributed by atoms with E-state index in [1.807, 2.05) is 6.92 Å². The van der Waals surface area contributed by atoms with Gasteiger partial charge in [0.2, 0.25) is 0 Å². The number of fused-ring (bicyclic) bond motifs is 1. The minimum Gasteiger partial charge on any atom is -0.508 e. The van der Waals surface area contributed by atoms with Crippen molar-refractivity contribution in [1.82, 2.24) is 0 Å². The van der Waals surface area contributed by atoms with Gasteiger partial charge in [-0.15, -0.1) is 0 Å². The first-order chi connectivity index (χ1) is 10.0. The van der Waals surface area contributed by atoms with Crippen LogP contribution in [0.1, 0.15) is 11.1 Å². The molecular formula is C16H13ClN2O2. The lowest BCUT2D eigenvalue weighted by atomic mass is 10.1. The maximum atomic E-state index is 12.0. The molecule has 1 aliphatic heterocycles. The third-order valence-electron chi connectivity index (χ3n) is 3.34. The minimum absolute atomic E-state index is 0.171. The van der Waals surface area contributed by atoms with Crippen LogP contribution in [0.25, 0.3) is 5.57 Å². The van der Waals surface area contributed by atoms with E-state index in [0.29, 0.717) is 10.6 Å². The molecule has 0 atom stereocenters. The van der Waals surface area contributed by atoms with Gasteiger partial charge in [0, 0.05) is 28.2 Å². The Morgan fingerprint density at radius 1 is 1.24 bits per heavy atom. The van der Waals surface area contributed by atoms with E-state index in [-0.39, 0.29) is 11.7 Å². The number of hydrogen-bond donors (Lipinski definition) is 3. The van der Waals surface area contributed by atoms with Gasteiger partial charge in [-0.2, -0.15) is 0 Å². The summed E-state index contributed by atoms with van der Waals surface area (Å²) in [7, 11) is 0. The number of aryl methyl sites for hydroxylation is 1. The summed E-state index contributed by atoms with van der Waals surface area (Å²) in [4.78, 5) is 12.0. The fourth-order valence-electron chi connectivity index (χ4n) is 2.20. The van der Waals surface area contributed by atoms with Crippen molar-refractivity contribution in [3.8, 4) is 5.75 Å². The van der Waals surface area contributed by atoms with Gasteiger partial charge in [0.1, 0.15) is 5.75 Å². The predicted molar refractivity (Wildman–Crippen MR) is 84.5 cm³/mol. The van der Waals surface area contributed by atoms with Crippen LogP contribution >= 0.6 is 11.6 Å². The van der Waals surface area contributed by atoms with Crippen molar-refractivity contribution in [1.29, 1.82) is 0 Å². The Kier molecular flexibility index (Phi) is 3.31. The Morgan fingerprint density at radius 2 is 2.05 bits per heavy atom. The van der Waals surface area contributed by atoms with Crippen molar-refractivity contribution in [3.05, 3.63) is 58.7 Å². The van der Waals surface area contributed by atoms with E-state index in [1.54, 1.807) is 42.6 Å². The van der Waals surface area contributed by atoms with E-state index in [1.165, 1.54) is 0 Å². The molecule has 4 nitrogen and oxygen atoms in total. The van der Waals surface area contributed by atoms with Gasteiger partial charge in [0.05, 0.1) is 5.57 Å². The van der Waals surface area contributed by atoms with Crippen molar-refractivity contribution in [2.24, 2.45) is 0 Å². The number of benzene rings is 2. The third-order valence-corrected chi connectivity index (χ3v) is 3.58. The quantitative estimate of drug-likeness (QED) is 0.584. The molecule has 0 bridgehead atoms. The summed E-state index contributed by atoms with van der Waals surface area (Å²) in [5.74, 6) is 0.0687. The topological polar surface area (TPSA) is 61.4 Å². The molecule has 2 aromatic carbocycles. The molecule has 1 amide bonds. The Bertz CT molecular complexity index is 769. The Balaban J connectivity index is 1.92. The number of nitrogens with one attached hydrogen (secondary N) is 2. The lowest BCUT2D eigenvalue weighted by Gasteiger charge is -2.05. The van der Waals surface area contributed by atoms with E-state index in [2.05, 4.69) is 10.6 Å². The highest BCUT2D eigenvalue weighted by atomic mass is 35.5. The zero-order valence-electron chi connectivity index (χ0n) is 11.3. The highest BCUT2D eigenvalue weighted by Crippen LogP contribution is 2.33. The summed E-state index contributed by atoms with van der Waals surface area (Å²) in [6.45, 7) is 1.81. The molecule has 5 heteroatoms. The van der Waals surface area contributed by atoms with Gasteiger partial charge in [-0.1, -0.05) is 11.6 Å². The van der Waals surface area contributed by atoms with Crippen LogP contribution in [0.15, 0.2) is 42.6 Å². The van der Waals surface area contributed by atoms with Crippen LogP contribution in [0.2, 0.25) is 5.02 Å². The average Bonchev–Trinajstić information content (AvgIpc) is 2.75. The van der Waals surface area contributed by atoms with Crippen LogP contribution in [0.5, 0.6) is 5.75 Å². The van der Waals surface area contributed by atoms with Crippen LogP contribution < -0.4 is 10.6 Å². The summed E-state index contributed by atoms with van der Waals surface area (Å²) in [5, 5.41) is 15.9. The van der Waals surface area contributed by atoms with E-state index in [4.69, 9.17) is 11.6 Å². The standard InChI is InChI=1S/C16H13ClN2O2/c1-9-6-11(3-5-15(9)20)18-8-13-12-7-10(17)2-4-14(12)19-16(13)21/h2-8,18,20H,1H3,(H,19,21). The lowest BCUT2D eigenvalue weighted by molar-refractivity contribution is -0.110. The average molecular weight is 301 g/mol. The van der Waals surface area contributed by atoms with E-state index >= 15 is 0 Å². The number of phenols is 1. The zero-order chi connectivity index (χ0) is 15.0. The molecule has 3 rings (SSSR count). The molecule has 1 heterocycles. The minimum atomic E-state index is -0.171. The molecule has 21 heavy (non-hydrogen) atoms. The van der Waals surface area contributed by atoms with E-state index in [0.717, 1.165) is 22.5 Å². The molecule has 0 radical (unpaired) electrons. The van der Waals surface area contributed by atoms with Crippen molar-refractivity contribution >= 4 is 34.5 Å². The summed E-state index contributed by atoms with van der Waals surface area (Å²) < 4.78 is 0. The van der Waals surface area contributed by atoms with Gasteiger partial charge in [-0.3, -0.25) is 4.79 Å². The van der Waals surface area contributed by atoms with Crippen LogP contribution in [-0.2, 0) is 4.79 Å². The van der Waals surface area contributed by atoms with Crippen molar-refractivity contribution in [3.63, 3.8) is 0 Å². The number of aromatic hydroxyl groups is 1. The van der Waals surface area contributed by atoms with E-state index in [9.17, 15) is 9.90 Å². The second-order valence-corrected chi connectivity index (χ2v) is 5.28. The highest BCUT2D eigenvalue weighted by molar-refractivity contribution is 6.34. The number of carbonyl (C=O) groups excluding carboxylic acids is 1. The molecule has 0 unspecified atom stereocenters. The number of hydrogen-bond acceptors (Lipinski definition) is 3. The first kappa shape index (κ1) is 13.5. The van der Waals surface area contributed by atoms with Crippen LogP contribution in [0.3, 0.4) is 0 Å². The molecule has 106 valence electrons. The van der Waals surface area contributed by atoms with Crippen LogP contribution in [0.4, 0.5) is 11.4 Å². The molecule has 1 aliphatic rings. The number of amides is 1. The third kappa shape index (κ3) is 2.58. The van der Waals surface area contributed by atoms with Crippen LogP contribution in [-0.4, -0.2) is 11.0 Å². The van der Waals surface area contributed by atoms with Gasteiger partial charge in [0.15, 0.2) is 0 Å². The first-order valence-corrected chi connectivity index (χ1v) is 6.80. The van der Waals surface area contributed by atoms with Crippen molar-refractivity contribution in [2.75, 3.05) is 10.6 Å². The molecule has 3 N–H and O–H groups in total. The smallest absolute Gasteiger partial charge is 0.257 e. The second kappa shape index (κ2) is 5.14. The fraction of sp³-hybridized carbons (Fsp3) is 0.0625. The number of halogens is 1. The number of rotatable bonds is 2. The molecule has 0 saturated carbocycles. The summed E-state index contributed by atoms with van der Waals surface area (Å²) in [6.07, 6.45) is 1.64. The van der Waals surface area contributed by atoms with E-state index < -0.39 is 0 Å². The Labute approximate surface area is 127 Å².